The predicted octanol–water partition coefficient (Wildman–Crippen LogP) is 5.93. The first-order chi connectivity index (χ1) is 13.8. The zero-order chi connectivity index (χ0) is 19.1. The summed E-state index contributed by atoms with van der Waals surface area (Å²) in [4.78, 5) is 2.36. The number of anilines is 1. The summed E-state index contributed by atoms with van der Waals surface area (Å²) in [6.07, 6.45) is 4.35. The van der Waals surface area contributed by atoms with Crippen LogP contribution in [0.2, 0.25) is 0 Å². The number of fused-ring (bicyclic) bond motifs is 3. The lowest BCUT2D eigenvalue weighted by Crippen LogP contribution is -2.30. The molecule has 0 saturated carbocycles. The molecule has 0 unspecified atom stereocenters. The zero-order valence-corrected chi connectivity index (χ0v) is 15.7. The molecule has 0 N–H and O–H groups in total. The van der Waals surface area contributed by atoms with Crippen molar-refractivity contribution in [1.82, 2.24) is 0 Å². The van der Waals surface area contributed by atoms with Crippen LogP contribution in [0.3, 0.4) is 0 Å². The summed E-state index contributed by atoms with van der Waals surface area (Å²) < 4.78 is 13.6. The Labute approximate surface area is 164 Å². The minimum absolute atomic E-state index is 0.231. The van der Waals surface area contributed by atoms with E-state index in [-0.39, 0.29) is 5.82 Å². The monoisotopic (exact) mass is 368 g/mol. The molecule has 1 saturated heterocycles. The van der Waals surface area contributed by atoms with Crippen molar-refractivity contribution >= 4 is 5.69 Å². The molecular weight excluding hydrogens is 347 g/mol. The molecule has 138 valence electrons. The highest BCUT2D eigenvalue weighted by Gasteiger charge is 2.29. The van der Waals surface area contributed by atoms with E-state index in [1.54, 1.807) is 0 Å². The number of halogens is 1. The van der Waals surface area contributed by atoms with E-state index in [1.165, 1.54) is 29.7 Å². The third-order valence-corrected chi connectivity index (χ3v) is 6.03. The van der Waals surface area contributed by atoms with Gasteiger partial charge in [0.2, 0.25) is 0 Å². The summed E-state index contributed by atoms with van der Waals surface area (Å²) >= 11 is 0. The van der Waals surface area contributed by atoms with Crippen molar-refractivity contribution in [3.8, 4) is 28.3 Å². The first-order valence-electron chi connectivity index (χ1n) is 9.95. The molecule has 2 nitrogen and oxygen atoms in total. The van der Waals surface area contributed by atoms with Gasteiger partial charge in [-0.3, -0.25) is 0 Å². The summed E-state index contributed by atoms with van der Waals surface area (Å²) in [5.41, 5.74) is 8.64. The quantitative estimate of drug-likeness (QED) is 0.439. The van der Waals surface area contributed by atoms with Crippen molar-refractivity contribution in [1.29, 1.82) is 5.26 Å². The highest BCUT2D eigenvalue weighted by molar-refractivity contribution is 5.95. The van der Waals surface area contributed by atoms with Gasteiger partial charge in [0.25, 0.3) is 0 Å². The Bertz CT molecular complexity index is 1090. The SMILES string of the molecule is N#Cc1c(N2CCCCC2)cc(-c2ccc(F)cc2)c2c1Cc1ccccc1-2. The topological polar surface area (TPSA) is 27.0 Å². The standard InChI is InChI=1S/C25H21FN2/c26-19-10-8-17(9-11-19)21-15-24(28-12-4-1-5-13-28)23(16-27)22-14-18-6-2-3-7-20(18)25(21)22/h2-3,6-11,15H,1,4-5,12-14H2. The van der Waals surface area contributed by atoms with Gasteiger partial charge in [-0.2, -0.15) is 5.26 Å². The Morgan fingerprint density at radius 3 is 2.39 bits per heavy atom. The molecule has 5 rings (SSSR count). The smallest absolute Gasteiger partial charge is 0.123 e. The van der Waals surface area contributed by atoms with E-state index >= 15 is 0 Å². The molecule has 2 aliphatic rings. The second-order valence-electron chi connectivity index (χ2n) is 7.67. The van der Waals surface area contributed by atoms with Crippen LogP contribution in [0, 0.1) is 17.1 Å². The maximum atomic E-state index is 13.6. The Morgan fingerprint density at radius 2 is 1.64 bits per heavy atom. The van der Waals surface area contributed by atoms with E-state index in [9.17, 15) is 9.65 Å². The van der Waals surface area contributed by atoms with Gasteiger partial charge >= 0.3 is 0 Å². The molecule has 0 atom stereocenters. The summed E-state index contributed by atoms with van der Waals surface area (Å²) in [6, 6.07) is 19.8. The van der Waals surface area contributed by atoms with Crippen LogP contribution in [-0.2, 0) is 6.42 Å². The molecule has 0 aromatic heterocycles. The van der Waals surface area contributed by atoms with Crippen molar-refractivity contribution < 1.29 is 4.39 Å². The summed E-state index contributed by atoms with van der Waals surface area (Å²) in [7, 11) is 0. The van der Waals surface area contributed by atoms with Gasteiger partial charge in [-0.1, -0.05) is 36.4 Å². The number of nitrogens with zero attached hydrogens (tertiary/aromatic N) is 2. The highest BCUT2D eigenvalue weighted by atomic mass is 19.1. The van der Waals surface area contributed by atoms with Crippen LogP contribution < -0.4 is 4.90 Å². The van der Waals surface area contributed by atoms with Crippen LogP contribution in [0.4, 0.5) is 10.1 Å². The molecule has 3 aromatic carbocycles. The molecular formula is C25H21FN2. The number of benzene rings is 3. The number of rotatable bonds is 2. The minimum Gasteiger partial charge on any atom is -0.370 e. The lowest BCUT2D eigenvalue weighted by Gasteiger charge is -2.31. The van der Waals surface area contributed by atoms with E-state index in [0.29, 0.717) is 0 Å². The second kappa shape index (κ2) is 6.80. The van der Waals surface area contributed by atoms with E-state index < -0.39 is 0 Å². The second-order valence-corrected chi connectivity index (χ2v) is 7.67. The van der Waals surface area contributed by atoms with Gasteiger partial charge in [-0.15, -0.1) is 0 Å². The molecule has 28 heavy (non-hydrogen) atoms. The largest absolute Gasteiger partial charge is 0.370 e. The van der Waals surface area contributed by atoms with Gasteiger partial charge in [0, 0.05) is 19.5 Å². The van der Waals surface area contributed by atoms with Crippen molar-refractivity contribution in [2.24, 2.45) is 0 Å². The number of nitriles is 1. The Hall–Kier alpha value is -3.12. The molecule has 0 spiro atoms. The van der Waals surface area contributed by atoms with Crippen LogP contribution >= 0.6 is 0 Å². The average molecular weight is 368 g/mol. The molecule has 1 aliphatic carbocycles. The molecule has 1 fully saturated rings. The number of hydrogen-bond donors (Lipinski definition) is 0. The Balaban J connectivity index is 1.79. The summed E-state index contributed by atoms with van der Waals surface area (Å²) in [5, 5.41) is 10.1. The normalized spacial score (nSPS) is 15.1. The van der Waals surface area contributed by atoms with E-state index in [0.717, 1.165) is 65.9 Å². The van der Waals surface area contributed by atoms with Crippen molar-refractivity contribution in [2.45, 2.75) is 25.7 Å². The molecule has 3 aromatic rings. The van der Waals surface area contributed by atoms with Crippen molar-refractivity contribution in [3.63, 3.8) is 0 Å². The molecule has 3 heteroatoms. The van der Waals surface area contributed by atoms with E-state index in [2.05, 4.69) is 35.2 Å². The maximum Gasteiger partial charge on any atom is 0.123 e. The van der Waals surface area contributed by atoms with Crippen LogP contribution in [-0.4, -0.2) is 13.1 Å². The average Bonchev–Trinajstić information content (AvgIpc) is 3.13. The van der Waals surface area contributed by atoms with E-state index in [4.69, 9.17) is 0 Å². The van der Waals surface area contributed by atoms with Crippen LogP contribution in [0.15, 0.2) is 54.6 Å². The molecule has 1 aliphatic heterocycles. The van der Waals surface area contributed by atoms with Crippen molar-refractivity contribution in [2.75, 3.05) is 18.0 Å². The first kappa shape index (κ1) is 17.0. The number of hydrogen-bond acceptors (Lipinski definition) is 2. The fraction of sp³-hybridized carbons (Fsp3) is 0.240. The van der Waals surface area contributed by atoms with E-state index in [1.807, 2.05) is 18.2 Å². The predicted molar refractivity (Wildman–Crippen MR) is 111 cm³/mol. The van der Waals surface area contributed by atoms with Gasteiger partial charge in [-0.25, -0.2) is 4.39 Å². The van der Waals surface area contributed by atoms with Crippen molar-refractivity contribution in [3.05, 3.63) is 77.1 Å². The third kappa shape index (κ3) is 2.68. The lowest BCUT2D eigenvalue weighted by molar-refractivity contribution is 0.577. The molecule has 0 bridgehead atoms. The Kier molecular flexibility index (Phi) is 4.13. The zero-order valence-electron chi connectivity index (χ0n) is 15.7. The summed E-state index contributed by atoms with van der Waals surface area (Å²) in [5.74, 6) is -0.231. The number of piperidine rings is 1. The minimum atomic E-state index is -0.231. The van der Waals surface area contributed by atoms with Gasteiger partial charge in [0.15, 0.2) is 0 Å². The Morgan fingerprint density at radius 1 is 0.893 bits per heavy atom. The fourth-order valence-electron chi connectivity index (χ4n) is 4.68. The van der Waals surface area contributed by atoms with Gasteiger partial charge < -0.3 is 4.90 Å². The van der Waals surface area contributed by atoms with Gasteiger partial charge in [0.05, 0.1) is 11.3 Å². The lowest BCUT2D eigenvalue weighted by atomic mass is 9.90. The molecule has 0 radical (unpaired) electrons. The molecule has 0 amide bonds. The fourth-order valence-corrected chi connectivity index (χ4v) is 4.68. The third-order valence-electron chi connectivity index (χ3n) is 6.03. The van der Waals surface area contributed by atoms with Crippen LogP contribution in [0.25, 0.3) is 22.3 Å². The van der Waals surface area contributed by atoms with Gasteiger partial charge in [0.1, 0.15) is 11.9 Å². The summed E-state index contributed by atoms with van der Waals surface area (Å²) in [6.45, 7) is 1.98. The van der Waals surface area contributed by atoms with Crippen LogP contribution in [0.5, 0.6) is 0 Å². The maximum absolute atomic E-state index is 13.6. The first-order valence-corrected chi connectivity index (χ1v) is 9.95. The molecule has 1 heterocycles. The van der Waals surface area contributed by atoms with Crippen LogP contribution in [0.1, 0.15) is 36.0 Å². The van der Waals surface area contributed by atoms with Gasteiger partial charge in [-0.05, 0) is 70.8 Å². The highest BCUT2D eigenvalue weighted by Crippen LogP contribution is 2.47.